The van der Waals surface area contributed by atoms with E-state index in [1.807, 2.05) is 24.3 Å². The smallest absolute Gasteiger partial charge is 0.416 e. The van der Waals surface area contributed by atoms with Crippen LogP contribution in [0.3, 0.4) is 0 Å². The van der Waals surface area contributed by atoms with Gasteiger partial charge in [-0.2, -0.15) is 0 Å². The molecule has 0 saturated carbocycles. The Morgan fingerprint density at radius 2 is 2.07 bits per heavy atom. The lowest BCUT2D eigenvalue weighted by Crippen LogP contribution is -2.36. The van der Waals surface area contributed by atoms with E-state index in [1.54, 1.807) is 7.11 Å². The Balaban J connectivity index is 1.29. The molecule has 2 heterocycles. The summed E-state index contributed by atoms with van der Waals surface area (Å²) < 4.78 is 21.5. The summed E-state index contributed by atoms with van der Waals surface area (Å²) in [5, 5.41) is 0. The highest BCUT2D eigenvalue weighted by Gasteiger charge is 2.31. The van der Waals surface area contributed by atoms with Crippen LogP contribution in [0.5, 0.6) is 5.75 Å². The van der Waals surface area contributed by atoms with Gasteiger partial charge in [0.2, 0.25) is 5.91 Å². The summed E-state index contributed by atoms with van der Waals surface area (Å²) in [5.41, 5.74) is 1.12. The lowest BCUT2D eigenvalue weighted by atomic mass is 9.94. The van der Waals surface area contributed by atoms with Crippen LogP contribution in [0.4, 0.5) is 4.79 Å². The first kappa shape index (κ1) is 19.6. The number of ether oxygens (including phenoxy) is 4. The number of rotatable bonds is 8. The first-order chi connectivity index (χ1) is 13.2. The summed E-state index contributed by atoms with van der Waals surface area (Å²) >= 11 is 0. The quantitative estimate of drug-likeness (QED) is 0.649. The Bertz CT molecular complexity index is 624. The molecule has 7 nitrogen and oxygen atoms in total. The van der Waals surface area contributed by atoms with Gasteiger partial charge in [0.25, 0.3) is 0 Å². The molecular formula is C20H27NO6. The van der Waals surface area contributed by atoms with Crippen molar-refractivity contribution in [2.45, 2.75) is 38.4 Å². The van der Waals surface area contributed by atoms with Crippen molar-refractivity contribution < 1.29 is 28.5 Å². The fourth-order valence-corrected chi connectivity index (χ4v) is 3.34. The lowest BCUT2D eigenvalue weighted by Gasteiger charge is -2.29. The highest BCUT2D eigenvalue weighted by Crippen LogP contribution is 2.24. The topological polar surface area (TPSA) is 74.3 Å². The summed E-state index contributed by atoms with van der Waals surface area (Å²) in [6.07, 6.45) is 2.38. The van der Waals surface area contributed by atoms with E-state index in [1.165, 1.54) is 4.90 Å². The molecule has 0 aromatic heterocycles. The van der Waals surface area contributed by atoms with E-state index in [0.29, 0.717) is 32.3 Å². The van der Waals surface area contributed by atoms with Crippen molar-refractivity contribution in [2.24, 2.45) is 5.92 Å². The second-order valence-corrected chi connectivity index (χ2v) is 6.95. The van der Waals surface area contributed by atoms with E-state index >= 15 is 0 Å². The van der Waals surface area contributed by atoms with Crippen LogP contribution in [0.1, 0.15) is 31.2 Å². The summed E-state index contributed by atoms with van der Waals surface area (Å²) in [6, 6.07) is 7.86. The molecule has 0 N–H and O–H groups in total. The molecule has 2 atom stereocenters. The van der Waals surface area contributed by atoms with E-state index in [-0.39, 0.29) is 25.0 Å². The highest BCUT2D eigenvalue weighted by atomic mass is 16.6. The summed E-state index contributed by atoms with van der Waals surface area (Å²) in [4.78, 5) is 24.7. The fourth-order valence-electron chi connectivity index (χ4n) is 3.34. The third kappa shape index (κ3) is 5.68. The zero-order chi connectivity index (χ0) is 19.1. The van der Waals surface area contributed by atoms with Crippen molar-refractivity contribution in [3.05, 3.63) is 29.8 Å². The van der Waals surface area contributed by atoms with Crippen molar-refractivity contribution in [3.8, 4) is 5.75 Å². The molecule has 2 aliphatic heterocycles. The lowest BCUT2D eigenvalue weighted by molar-refractivity contribution is -0.132. The van der Waals surface area contributed by atoms with Gasteiger partial charge in [-0.25, -0.2) is 9.69 Å². The normalized spacial score (nSPS) is 22.6. The van der Waals surface area contributed by atoms with Crippen LogP contribution in [-0.2, 0) is 25.6 Å². The Labute approximate surface area is 159 Å². The van der Waals surface area contributed by atoms with Gasteiger partial charge in [0, 0.05) is 13.2 Å². The van der Waals surface area contributed by atoms with Gasteiger partial charge in [0.05, 0.1) is 32.8 Å². The van der Waals surface area contributed by atoms with Crippen LogP contribution in [0.15, 0.2) is 24.3 Å². The molecule has 1 aromatic carbocycles. The fraction of sp³-hybridized carbons (Fsp3) is 0.600. The van der Waals surface area contributed by atoms with E-state index in [2.05, 4.69) is 0 Å². The number of carbonyl (C=O) groups excluding carboxylic acids is 2. The van der Waals surface area contributed by atoms with Gasteiger partial charge < -0.3 is 18.9 Å². The van der Waals surface area contributed by atoms with Gasteiger partial charge in [-0.1, -0.05) is 12.1 Å². The molecule has 0 aliphatic carbocycles. The Kier molecular flexibility index (Phi) is 7.06. The number of cyclic esters (lactones) is 1. The zero-order valence-electron chi connectivity index (χ0n) is 15.7. The highest BCUT2D eigenvalue weighted by molar-refractivity contribution is 5.93. The summed E-state index contributed by atoms with van der Waals surface area (Å²) in [7, 11) is 1.65. The summed E-state index contributed by atoms with van der Waals surface area (Å²) in [5.74, 6) is 1.08. The largest absolute Gasteiger partial charge is 0.497 e. The van der Waals surface area contributed by atoms with Crippen LogP contribution in [0, 0.1) is 5.92 Å². The predicted octanol–water partition coefficient (Wildman–Crippen LogP) is 2.77. The molecule has 0 bridgehead atoms. The number of methoxy groups -OCH3 is 1. The second kappa shape index (κ2) is 9.71. The maximum Gasteiger partial charge on any atom is 0.416 e. The van der Waals surface area contributed by atoms with Gasteiger partial charge in [-0.05, 0) is 42.9 Å². The number of hydrogen-bond donors (Lipinski definition) is 0. The summed E-state index contributed by atoms with van der Waals surface area (Å²) in [6.45, 7) is 2.53. The molecule has 27 heavy (non-hydrogen) atoms. The van der Waals surface area contributed by atoms with Crippen molar-refractivity contribution in [3.63, 3.8) is 0 Å². The average Bonchev–Trinajstić information content (AvgIpc) is 3.13. The molecule has 3 rings (SSSR count). The van der Waals surface area contributed by atoms with Crippen LogP contribution in [0.25, 0.3) is 0 Å². The number of imide groups is 1. The first-order valence-corrected chi connectivity index (χ1v) is 9.45. The van der Waals surface area contributed by atoms with Crippen molar-refractivity contribution in [1.29, 1.82) is 0 Å². The average molecular weight is 377 g/mol. The number of benzene rings is 1. The van der Waals surface area contributed by atoms with E-state index < -0.39 is 6.09 Å². The molecule has 148 valence electrons. The maximum atomic E-state index is 12.1. The monoisotopic (exact) mass is 377 g/mol. The SMILES string of the molecule is COc1ccc(COCC[C@@H]2CC[C@H](CC(=O)N3CCOC3=O)OC2)cc1. The van der Waals surface area contributed by atoms with Gasteiger partial charge in [0.15, 0.2) is 0 Å². The number of carbonyl (C=O) groups is 2. The molecule has 2 fully saturated rings. The van der Waals surface area contributed by atoms with Gasteiger partial charge in [-0.15, -0.1) is 0 Å². The molecule has 2 saturated heterocycles. The minimum Gasteiger partial charge on any atom is -0.497 e. The Hall–Kier alpha value is -2.12. The van der Waals surface area contributed by atoms with Gasteiger partial charge in [-0.3, -0.25) is 4.79 Å². The first-order valence-electron chi connectivity index (χ1n) is 9.45. The minimum absolute atomic E-state index is 0.109. The molecule has 0 unspecified atom stereocenters. The molecule has 2 amide bonds. The number of hydrogen-bond acceptors (Lipinski definition) is 6. The van der Waals surface area contributed by atoms with Crippen molar-refractivity contribution in [1.82, 2.24) is 4.90 Å². The third-order valence-electron chi connectivity index (χ3n) is 5.03. The molecule has 1 aromatic rings. The van der Waals surface area contributed by atoms with Crippen LogP contribution in [0.2, 0.25) is 0 Å². The standard InChI is InChI=1S/C20H27NO6/c1-24-17-5-2-15(3-6-17)13-25-10-8-16-4-7-18(27-14-16)12-19(22)21-9-11-26-20(21)23/h2-3,5-6,16,18H,4,7-14H2,1H3/t16-,18+/m0/s1. The van der Waals surface area contributed by atoms with E-state index in [9.17, 15) is 9.59 Å². The van der Waals surface area contributed by atoms with Crippen LogP contribution >= 0.6 is 0 Å². The Morgan fingerprint density at radius 3 is 2.70 bits per heavy atom. The zero-order valence-corrected chi connectivity index (χ0v) is 15.7. The van der Waals surface area contributed by atoms with Gasteiger partial charge in [0.1, 0.15) is 12.4 Å². The van der Waals surface area contributed by atoms with Crippen LogP contribution in [-0.4, -0.2) is 56.5 Å². The molecular weight excluding hydrogens is 350 g/mol. The molecule has 0 radical (unpaired) electrons. The van der Waals surface area contributed by atoms with Crippen molar-refractivity contribution in [2.75, 3.05) is 33.5 Å². The predicted molar refractivity (Wildman–Crippen MR) is 97.4 cm³/mol. The number of nitrogens with zero attached hydrogens (tertiary/aromatic N) is 1. The second-order valence-electron chi connectivity index (χ2n) is 6.95. The number of amides is 2. The molecule has 2 aliphatic rings. The third-order valence-corrected chi connectivity index (χ3v) is 5.03. The maximum absolute atomic E-state index is 12.1. The molecule has 0 spiro atoms. The van der Waals surface area contributed by atoms with Gasteiger partial charge >= 0.3 is 6.09 Å². The van der Waals surface area contributed by atoms with E-state index in [4.69, 9.17) is 18.9 Å². The minimum atomic E-state index is -0.539. The molecule has 7 heteroatoms. The van der Waals surface area contributed by atoms with Crippen molar-refractivity contribution >= 4 is 12.0 Å². The Morgan fingerprint density at radius 1 is 1.26 bits per heavy atom. The van der Waals surface area contributed by atoms with E-state index in [0.717, 1.165) is 30.6 Å². The van der Waals surface area contributed by atoms with Crippen LogP contribution < -0.4 is 4.74 Å².